The van der Waals surface area contributed by atoms with Gasteiger partial charge in [-0.3, -0.25) is 14.6 Å². The molecule has 1 unspecified atom stereocenters. The maximum atomic E-state index is 12.7. The molecule has 0 fully saturated rings. The van der Waals surface area contributed by atoms with Crippen molar-refractivity contribution in [3.63, 3.8) is 0 Å². The topological polar surface area (TPSA) is 153 Å². The molecule has 0 bridgehead atoms. The number of aliphatic carboxylic acids is 1. The summed E-state index contributed by atoms with van der Waals surface area (Å²) < 4.78 is 1.36. The van der Waals surface area contributed by atoms with E-state index in [0.29, 0.717) is 6.42 Å². The molecule has 1 amide bonds. The molecule has 9 heteroatoms. The van der Waals surface area contributed by atoms with Crippen molar-refractivity contribution in [1.29, 1.82) is 0 Å². The third kappa shape index (κ3) is 10.1. The third-order valence-corrected chi connectivity index (χ3v) is 3.93. The van der Waals surface area contributed by atoms with Crippen molar-refractivity contribution in [2.24, 2.45) is 16.5 Å². The molecule has 9 nitrogen and oxygen atoms in total. The van der Waals surface area contributed by atoms with Gasteiger partial charge in [0, 0.05) is 12.7 Å². The van der Waals surface area contributed by atoms with E-state index < -0.39 is 23.5 Å². The minimum absolute atomic E-state index is 0.0897. The molecule has 0 saturated carbocycles. The van der Waals surface area contributed by atoms with Crippen LogP contribution in [0.1, 0.15) is 44.0 Å². The molecule has 0 aromatic carbocycles. The van der Waals surface area contributed by atoms with Crippen LogP contribution >= 0.6 is 0 Å². The number of aromatic nitrogens is 1. The quantitative estimate of drug-likeness (QED) is 0.181. The van der Waals surface area contributed by atoms with E-state index in [0.717, 1.165) is 5.57 Å². The van der Waals surface area contributed by atoms with Crippen LogP contribution in [-0.4, -0.2) is 40.1 Å². The summed E-state index contributed by atoms with van der Waals surface area (Å²) in [6.07, 6.45) is 9.11. The van der Waals surface area contributed by atoms with Crippen molar-refractivity contribution < 1.29 is 14.7 Å². The number of nitrogens with zero attached hydrogens (tertiary/aromatic N) is 2. The summed E-state index contributed by atoms with van der Waals surface area (Å²) in [5.74, 6) is -2.05. The normalized spacial score (nSPS) is 11.8. The molecule has 1 atom stereocenters. The zero-order valence-electron chi connectivity index (χ0n) is 18.4. The van der Waals surface area contributed by atoms with Crippen LogP contribution in [0.15, 0.2) is 64.6 Å². The lowest BCUT2D eigenvalue weighted by Gasteiger charge is -2.14. The Bertz CT molecular complexity index is 880. The predicted octanol–water partition coefficient (Wildman–Crippen LogP) is 1.80. The van der Waals surface area contributed by atoms with Crippen molar-refractivity contribution in [1.82, 2.24) is 9.88 Å². The van der Waals surface area contributed by atoms with Gasteiger partial charge in [-0.2, -0.15) is 0 Å². The highest BCUT2D eigenvalue weighted by atomic mass is 16.4. The smallest absolute Gasteiger partial charge is 0.326 e. The van der Waals surface area contributed by atoms with Crippen LogP contribution in [0.25, 0.3) is 0 Å². The molecule has 1 aromatic heterocycles. The lowest BCUT2D eigenvalue weighted by molar-refractivity contribution is -0.139. The zero-order chi connectivity index (χ0) is 23.8. The van der Waals surface area contributed by atoms with Crippen LogP contribution in [0.4, 0.5) is 0 Å². The molecule has 1 aromatic rings. The number of hydrogen-bond donors (Lipinski definition) is 4. The Morgan fingerprint density at radius 3 is 2.58 bits per heavy atom. The number of aliphatic imine (C=N–C) groups is 1. The number of pyridine rings is 1. The van der Waals surface area contributed by atoms with Gasteiger partial charge >= 0.3 is 5.97 Å². The Morgan fingerprint density at radius 1 is 1.35 bits per heavy atom. The fourth-order valence-electron chi connectivity index (χ4n) is 2.43. The van der Waals surface area contributed by atoms with Gasteiger partial charge in [0.25, 0.3) is 11.5 Å². The minimum atomic E-state index is -1.21. The maximum Gasteiger partial charge on any atom is 0.326 e. The first-order chi connectivity index (χ1) is 14.8. The number of rotatable bonds is 11. The lowest BCUT2D eigenvalue weighted by atomic mass is 10.1. The summed E-state index contributed by atoms with van der Waals surface area (Å²) in [4.78, 5) is 40.3. The van der Waals surface area contributed by atoms with Crippen LogP contribution in [0.5, 0.6) is 0 Å². The Balaban J connectivity index is 0.00000436. The second kappa shape index (κ2) is 15.3. The van der Waals surface area contributed by atoms with Gasteiger partial charge in [0.05, 0.1) is 6.54 Å². The van der Waals surface area contributed by atoms with Crippen molar-refractivity contribution in [2.45, 2.75) is 46.2 Å². The molecule has 0 aliphatic heterocycles. The van der Waals surface area contributed by atoms with Gasteiger partial charge < -0.3 is 26.5 Å². The average molecular weight is 432 g/mol. The van der Waals surface area contributed by atoms with E-state index in [9.17, 15) is 19.5 Å². The zero-order valence-corrected chi connectivity index (χ0v) is 18.4. The van der Waals surface area contributed by atoms with E-state index in [-0.39, 0.29) is 31.0 Å². The first-order valence-corrected chi connectivity index (χ1v) is 10.0. The molecule has 31 heavy (non-hydrogen) atoms. The number of carbonyl (C=O) groups excluding carboxylic acids is 1. The molecule has 1 rings (SSSR count). The summed E-state index contributed by atoms with van der Waals surface area (Å²) >= 11 is 0. The van der Waals surface area contributed by atoms with E-state index >= 15 is 0 Å². The fraction of sp³-hybridized carbons (Fsp3) is 0.364. The lowest BCUT2D eigenvalue weighted by Crippen LogP contribution is -2.43. The van der Waals surface area contributed by atoms with Crippen LogP contribution in [-0.2, 0) is 11.3 Å². The first-order valence-electron chi connectivity index (χ1n) is 10.0. The number of carboxylic acids is 1. The molecule has 0 spiro atoms. The number of carbonyl (C=O) groups is 2. The van der Waals surface area contributed by atoms with E-state index in [1.54, 1.807) is 18.3 Å². The molecule has 0 aliphatic carbocycles. The van der Waals surface area contributed by atoms with Gasteiger partial charge in [0.15, 0.2) is 5.96 Å². The molecule has 0 saturated heterocycles. The Kier molecular flexibility index (Phi) is 13.5. The standard InChI is InChI=1S/C20H27N5O4.C2H6/c1-3-5-8-14(4-2)13-25-12-7-9-15(18(25)27)17(26)24-16(19(28)29)10-6-11-23-20(21)22;1-2/h3-5,7-9,12,16H,2,6,10-11,13H2,1H3,(H,24,26)(H,28,29)(H4,21,22,23);1-2H3/b5-3-,14-8+;. The highest BCUT2D eigenvalue weighted by Crippen LogP contribution is 2.04. The molecule has 170 valence electrons. The van der Waals surface area contributed by atoms with Gasteiger partial charge in [-0.05, 0) is 37.5 Å². The average Bonchev–Trinajstić information content (AvgIpc) is 2.75. The second-order valence-corrected chi connectivity index (χ2v) is 6.14. The maximum absolute atomic E-state index is 12.7. The van der Waals surface area contributed by atoms with Crippen LogP contribution in [0.3, 0.4) is 0 Å². The summed E-state index contributed by atoms with van der Waals surface area (Å²) in [6.45, 7) is 10.1. The highest BCUT2D eigenvalue weighted by molar-refractivity contribution is 5.96. The van der Waals surface area contributed by atoms with Crippen molar-refractivity contribution in [3.8, 4) is 0 Å². The van der Waals surface area contributed by atoms with E-state index in [1.165, 1.54) is 10.6 Å². The fourth-order valence-corrected chi connectivity index (χ4v) is 2.43. The van der Waals surface area contributed by atoms with E-state index in [4.69, 9.17) is 11.5 Å². The molecular formula is C22H33N5O4. The summed E-state index contributed by atoms with van der Waals surface area (Å²) in [5, 5.41) is 11.7. The number of amides is 1. The van der Waals surface area contributed by atoms with Gasteiger partial charge in [0.1, 0.15) is 11.6 Å². The summed E-state index contributed by atoms with van der Waals surface area (Å²) in [5.41, 5.74) is 10.6. The van der Waals surface area contributed by atoms with Crippen molar-refractivity contribution in [2.75, 3.05) is 6.54 Å². The second-order valence-electron chi connectivity index (χ2n) is 6.14. The van der Waals surface area contributed by atoms with Crippen molar-refractivity contribution >= 4 is 17.8 Å². The van der Waals surface area contributed by atoms with E-state index in [2.05, 4.69) is 16.9 Å². The predicted molar refractivity (Wildman–Crippen MR) is 124 cm³/mol. The molecule has 0 radical (unpaired) electrons. The number of nitrogens with two attached hydrogens (primary N) is 2. The van der Waals surface area contributed by atoms with E-state index in [1.807, 2.05) is 39.0 Å². The van der Waals surface area contributed by atoms with Crippen molar-refractivity contribution in [3.05, 3.63) is 70.7 Å². The van der Waals surface area contributed by atoms with Crippen LogP contribution < -0.4 is 22.3 Å². The molecule has 0 aliphatic rings. The Morgan fingerprint density at radius 2 is 2.03 bits per heavy atom. The summed E-state index contributed by atoms with van der Waals surface area (Å²) in [6, 6.07) is 1.75. The SMILES string of the molecule is C=C/C(=C\C=C/C)Cn1cccc(C(=O)NC(CCCN=C(N)N)C(=O)O)c1=O.CC. The van der Waals surface area contributed by atoms with Gasteiger partial charge in [0.2, 0.25) is 0 Å². The monoisotopic (exact) mass is 431 g/mol. The van der Waals surface area contributed by atoms with Gasteiger partial charge in [-0.15, -0.1) is 0 Å². The van der Waals surface area contributed by atoms with Gasteiger partial charge in [-0.25, -0.2) is 4.79 Å². The highest BCUT2D eigenvalue weighted by Gasteiger charge is 2.22. The number of carboxylic acid groups (broad SMARTS) is 1. The molecule has 6 N–H and O–H groups in total. The summed E-state index contributed by atoms with van der Waals surface area (Å²) in [7, 11) is 0. The Labute approximate surface area is 182 Å². The third-order valence-electron chi connectivity index (χ3n) is 3.93. The first kappa shape index (κ1) is 27.4. The minimum Gasteiger partial charge on any atom is -0.480 e. The molecular weight excluding hydrogens is 398 g/mol. The number of nitrogens with one attached hydrogen (secondary N) is 1. The largest absolute Gasteiger partial charge is 0.480 e. The Hall–Kier alpha value is -3.62. The number of guanidine groups is 1. The number of hydrogen-bond acceptors (Lipinski definition) is 4. The van der Waals surface area contributed by atoms with Crippen LogP contribution in [0.2, 0.25) is 0 Å². The molecule has 1 heterocycles. The van der Waals surface area contributed by atoms with Gasteiger partial charge in [-0.1, -0.05) is 44.7 Å². The van der Waals surface area contributed by atoms with Crippen LogP contribution in [0, 0.1) is 0 Å². The number of allylic oxidation sites excluding steroid dienone is 5.